The van der Waals surface area contributed by atoms with Crippen LogP contribution in [0.1, 0.15) is 69.5 Å². The smallest absolute Gasteiger partial charge is 0.0765 e. The van der Waals surface area contributed by atoms with Crippen molar-refractivity contribution < 1.29 is 0 Å². The third-order valence-electron chi connectivity index (χ3n) is 5.15. The summed E-state index contributed by atoms with van der Waals surface area (Å²) in [4.78, 5) is 2.60. The summed E-state index contributed by atoms with van der Waals surface area (Å²) < 4.78 is 2.23. The number of rotatable bonds is 7. The van der Waals surface area contributed by atoms with Gasteiger partial charge in [0.1, 0.15) is 0 Å². The SMILES string of the molecule is ClCCCN(Cc1ccn(C2CCCCC2)n1)C1CCC1. The van der Waals surface area contributed by atoms with Crippen LogP contribution in [0.4, 0.5) is 0 Å². The molecular weight excluding hydrogens is 282 g/mol. The normalized spacial score (nSPS) is 20.9. The summed E-state index contributed by atoms with van der Waals surface area (Å²) in [5.74, 6) is 0.764. The molecule has 0 unspecified atom stereocenters. The zero-order valence-corrected chi connectivity index (χ0v) is 13.8. The Kier molecular flexibility index (Phi) is 5.59. The third-order valence-corrected chi connectivity index (χ3v) is 5.41. The Morgan fingerprint density at radius 3 is 2.62 bits per heavy atom. The van der Waals surface area contributed by atoms with E-state index < -0.39 is 0 Å². The molecule has 0 amide bonds. The highest BCUT2D eigenvalue weighted by atomic mass is 35.5. The van der Waals surface area contributed by atoms with Gasteiger partial charge in [-0.2, -0.15) is 5.10 Å². The Bertz CT molecular complexity index is 421. The summed E-state index contributed by atoms with van der Waals surface area (Å²) in [6, 6.07) is 3.64. The van der Waals surface area contributed by atoms with Gasteiger partial charge >= 0.3 is 0 Å². The Morgan fingerprint density at radius 1 is 1.14 bits per heavy atom. The summed E-state index contributed by atoms with van der Waals surface area (Å²) in [5, 5.41) is 4.86. The van der Waals surface area contributed by atoms with Crippen LogP contribution in [0.15, 0.2) is 12.3 Å². The van der Waals surface area contributed by atoms with E-state index in [1.54, 1.807) is 0 Å². The second kappa shape index (κ2) is 7.64. The van der Waals surface area contributed by atoms with Crippen LogP contribution in [0, 0.1) is 0 Å². The Balaban J connectivity index is 1.58. The number of nitrogens with zero attached hydrogens (tertiary/aromatic N) is 3. The van der Waals surface area contributed by atoms with Gasteiger partial charge < -0.3 is 0 Å². The molecule has 0 radical (unpaired) electrons. The average Bonchev–Trinajstić information content (AvgIpc) is 2.92. The van der Waals surface area contributed by atoms with E-state index in [2.05, 4.69) is 21.8 Å². The molecule has 0 saturated heterocycles. The maximum Gasteiger partial charge on any atom is 0.0765 e. The lowest BCUT2D eigenvalue weighted by atomic mass is 9.91. The van der Waals surface area contributed by atoms with E-state index >= 15 is 0 Å². The van der Waals surface area contributed by atoms with Crippen molar-refractivity contribution in [2.24, 2.45) is 0 Å². The zero-order chi connectivity index (χ0) is 14.5. The van der Waals surface area contributed by atoms with Gasteiger partial charge in [0.15, 0.2) is 0 Å². The quantitative estimate of drug-likeness (QED) is 0.697. The minimum Gasteiger partial charge on any atom is -0.294 e. The molecule has 118 valence electrons. The zero-order valence-electron chi connectivity index (χ0n) is 13.0. The minimum atomic E-state index is 0.646. The molecule has 3 nitrogen and oxygen atoms in total. The number of hydrogen-bond donors (Lipinski definition) is 0. The van der Waals surface area contributed by atoms with Crippen LogP contribution in [-0.2, 0) is 6.54 Å². The van der Waals surface area contributed by atoms with Crippen molar-refractivity contribution in [3.63, 3.8) is 0 Å². The molecular formula is C17H28ClN3. The lowest BCUT2D eigenvalue weighted by Gasteiger charge is -2.37. The first-order chi connectivity index (χ1) is 10.4. The molecule has 2 saturated carbocycles. The monoisotopic (exact) mass is 309 g/mol. The Hall–Kier alpha value is -0.540. The molecule has 0 atom stereocenters. The van der Waals surface area contributed by atoms with Gasteiger partial charge in [-0.3, -0.25) is 9.58 Å². The average molecular weight is 310 g/mol. The molecule has 0 aromatic carbocycles. The van der Waals surface area contributed by atoms with Crippen LogP contribution < -0.4 is 0 Å². The summed E-state index contributed by atoms with van der Waals surface area (Å²) in [6.45, 7) is 2.12. The number of hydrogen-bond acceptors (Lipinski definition) is 2. The van der Waals surface area contributed by atoms with Crippen LogP contribution in [0.3, 0.4) is 0 Å². The van der Waals surface area contributed by atoms with Crippen LogP contribution in [0.2, 0.25) is 0 Å². The lowest BCUT2D eigenvalue weighted by Crippen LogP contribution is -2.40. The van der Waals surface area contributed by atoms with Gasteiger partial charge in [0.25, 0.3) is 0 Å². The standard InChI is InChI=1S/C17H28ClN3/c18-11-5-12-20(16-8-4-9-16)14-15-10-13-21(19-15)17-6-2-1-3-7-17/h10,13,16-17H,1-9,11-12,14H2. The van der Waals surface area contributed by atoms with Gasteiger partial charge in [-0.1, -0.05) is 25.7 Å². The minimum absolute atomic E-state index is 0.646. The van der Waals surface area contributed by atoms with E-state index in [9.17, 15) is 0 Å². The maximum absolute atomic E-state index is 5.87. The van der Waals surface area contributed by atoms with Gasteiger partial charge in [0, 0.05) is 24.7 Å². The van der Waals surface area contributed by atoms with Crippen molar-refractivity contribution in [2.75, 3.05) is 12.4 Å². The van der Waals surface area contributed by atoms with Gasteiger partial charge in [-0.25, -0.2) is 0 Å². The highest BCUT2D eigenvalue weighted by Crippen LogP contribution is 2.29. The van der Waals surface area contributed by atoms with Crippen LogP contribution in [-0.4, -0.2) is 33.1 Å². The van der Waals surface area contributed by atoms with Crippen LogP contribution in [0.5, 0.6) is 0 Å². The largest absolute Gasteiger partial charge is 0.294 e. The van der Waals surface area contributed by atoms with Crippen molar-refractivity contribution >= 4 is 11.6 Å². The molecule has 2 aliphatic rings. The highest BCUT2D eigenvalue weighted by molar-refractivity contribution is 6.17. The number of aromatic nitrogens is 2. The van der Waals surface area contributed by atoms with E-state index in [1.807, 2.05) is 0 Å². The molecule has 21 heavy (non-hydrogen) atoms. The molecule has 0 N–H and O–H groups in total. The van der Waals surface area contributed by atoms with Crippen LogP contribution >= 0.6 is 11.6 Å². The van der Waals surface area contributed by atoms with Crippen molar-refractivity contribution in [3.05, 3.63) is 18.0 Å². The molecule has 2 aliphatic carbocycles. The molecule has 1 aromatic heterocycles. The van der Waals surface area contributed by atoms with Gasteiger partial charge in [0.05, 0.1) is 11.7 Å². The molecule has 0 bridgehead atoms. The highest BCUT2D eigenvalue weighted by Gasteiger charge is 2.25. The molecule has 0 aliphatic heterocycles. The maximum atomic E-state index is 5.87. The third kappa shape index (κ3) is 4.01. The first-order valence-electron chi connectivity index (χ1n) is 8.71. The van der Waals surface area contributed by atoms with E-state index in [0.717, 1.165) is 31.4 Å². The number of halogens is 1. The van der Waals surface area contributed by atoms with Crippen molar-refractivity contribution in [3.8, 4) is 0 Å². The van der Waals surface area contributed by atoms with Crippen molar-refractivity contribution in [1.82, 2.24) is 14.7 Å². The van der Waals surface area contributed by atoms with Gasteiger partial charge in [-0.05, 0) is 44.7 Å². The van der Waals surface area contributed by atoms with E-state index in [0.29, 0.717) is 6.04 Å². The molecule has 2 fully saturated rings. The van der Waals surface area contributed by atoms with E-state index in [1.165, 1.54) is 57.1 Å². The predicted octanol–water partition coefficient (Wildman–Crippen LogP) is 4.37. The Labute approximate surface area is 133 Å². The summed E-state index contributed by atoms with van der Waals surface area (Å²) in [5.41, 5.74) is 1.24. The summed E-state index contributed by atoms with van der Waals surface area (Å²) in [6.07, 6.45) is 14.1. The van der Waals surface area contributed by atoms with Crippen molar-refractivity contribution in [2.45, 2.75) is 76.4 Å². The fourth-order valence-corrected chi connectivity index (χ4v) is 3.74. The second-order valence-corrected chi connectivity index (χ2v) is 7.05. The van der Waals surface area contributed by atoms with Crippen molar-refractivity contribution in [1.29, 1.82) is 0 Å². The fourth-order valence-electron chi connectivity index (χ4n) is 3.62. The van der Waals surface area contributed by atoms with Crippen LogP contribution in [0.25, 0.3) is 0 Å². The van der Waals surface area contributed by atoms with E-state index in [4.69, 9.17) is 16.7 Å². The number of alkyl halides is 1. The first kappa shape index (κ1) is 15.4. The van der Waals surface area contributed by atoms with E-state index in [-0.39, 0.29) is 0 Å². The summed E-state index contributed by atoms with van der Waals surface area (Å²) >= 11 is 5.87. The van der Waals surface area contributed by atoms with Gasteiger partial charge in [-0.15, -0.1) is 11.6 Å². The predicted molar refractivity (Wildman–Crippen MR) is 87.7 cm³/mol. The Morgan fingerprint density at radius 2 is 1.95 bits per heavy atom. The molecule has 3 rings (SSSR count). The molecule has 4 heteroatoms. The molecule has 1 aromatic rings. The van der Waals surface area contributed by atoms with Gasteiger partial charge in [0.2, 0.25) is 0 Å². The topological polar surface area (TPSA) is 21.1 Å². The fraction of sp³-hybridized carbons (Fsp3) is 0.824. The lowest BCUT2D eigenvalue weighted by molar-refractivity contribution is 0.118. The second-order valence-electron chi connectivity index (χ2n) is 6.68. The summed E-state index contributed by atoms with van der Waals surface area (Å²) in [7, 11) is 0. The molecule has 1 heterocycles. The first-order valence-corrected chi connectivity index (χ1v) is 9.24. The molecule has 0 spiro atoms.